The van der Waals surface area contributed by atoms with Gasteiger partial charge >= 0.3 is 0 Å². The van der Waals surface area contributed by atoms with Crippen molar-refractivity contribution in [1.82, 2.24) is 4.90 Å². The Morgan fingerprint density at radius 3 is 2.55 bits per heavy atom. The quantitative estimate of drug-likeness (QED) is 0.856. The first kappa shape index (κ1) is 19.3. The van der Waals surface area contributed by atoms with Gasteiger partial charge in [-0.15, -0.1) is 12.4 Å². The molecule has 1 aliphatic heterocycles. The van der Waals surface area contributed by atoms with E-state index in [2.05, 4.69) is 15.9 Å². The van der Waals surface area contributed by atoms with Gasteiger partial charge in [-0.3, -0.25) is 4.79 Å². The van der Waals surface area contributed by atoms with Crippen LogP contribution >= 0.6 is 28.3 Å². The second-order valence-corrected chi connectivity index (χ2v) is 6.58. The number of halogens is 2. The molecule has 0 aliphatic carbocycles. The average Bonchev–Trinajstić information content (AvgIpc) is 2.48. The van der Waals surface area contributed by atoms with E-state index in [1.165, 1.54) is 0 Å². The van der Waals surface area contributed by atoms with E-state index in [-0.39, 0.29) is 30.4 Å². The highest BCUT2D eigenvalue weighted by molar-refractivity contribution is 9.10. The first-order valence-electron chi connectivity index (χ1n) is 7.47. The standard InChI is InChI=1S/C16H23BrN2O2.ClH/c1-11(18)15-5-3-4-10-19(15)16(20)12(2)21-14-8-6-13(17)7-9-14;/h6-9,11-12,15H,3-5,10,18H2,1-2H3;1H. The minimum Gasteiger partial charge on any atom is -0.481 e. The third-order valence-corrected chi connectivity index (χ3v) is 4.44. The molecule has 1 fully saturated rings. The van der Waals surface area contributed by atoms with Crippen molar-refractivity contribution in [2.24, 2.45) is 5.73 Å². The van der Waals surface area contributed by atoms with E-state index < -0.39 is 6.10 Å². The predicted octanol–water partition coefficient (Wildman–Crippen LogP) is 3.37. The van der Waals surface area contributed by atoms with Gasteiger partial charge in [0.15, 0.2) is 6.10 Å². The van der Waals surface area contributed by atoms with E-state index >= 15 is 0 Å². The lowest BCUT2D eigenvalue weighted by Gasteiger charge is -2.39. The molecule has 124 valence electrons. The van der Waals surface area contributed by atoms with Crippen LogP contribution in [0, 0.1) is 0 Å². The first-order valence-corrected chi connectivity index (χ1v) is 8.26. The summed E-state index contributed by atoms with van der Waals surface area (Å²) in [7, 11) is 0. The van der Waals surface area contributed by atoms with E-state index in [4.69, 9.17) is 10.5 Å². The Bertz CT molecular complexity index is 482. The molecule has 6 heteroatoms. The Hall–Kier alpha value is -0.780. The summed E-state index contributed by atoms with van der Waals surface area (Å²) in [5.74, 6) is 0.730. The van der Waals surface area contributed by atoms with Crippen molar-refractivity contribution < 1.29 is 9.53 Å². The van der Waals surface area contributed by atoms with Gasteiger partial charge in [0.05, 0.1) is 0 Å². The minimum absolute atomic E-state index is 0. The highest BCUT2D eigenvalue weighted by Gasteiger charge is 2.32. The van der Waals surface area contributed by atoms with Crippen molar-refractivity contribution in [2.75, 3.05) is 6.54 Å². The van der Waals surface area contributed by atoms with Crippen LogP contribution in [0.1, 0.15) is 33.1 Å². The highest BCUT2D eigenvalue weighted by Crippen LogP contribution is 2.22. The number of hydrogen-bond acceptors (Lipinski definition) is 3. The third kappa shape index (κ3) is 4.86. The van der Waals surface area contributed by atoms with Crippen molar-refractivity contribution in [2.45, 2.75) is 51.3 Å². The van der Waals surface area contributed by atoms with Gasteiger partial charge in [-0.1, -0.05) is 15.9 Å². The number of hydrogen-bond donors (Lipinski definition) is 1. The number of rotatable bonds is 4. The van der Waals surface area contributed by atoms with Crippen LogP contribution in [0.15, 0.2) is 28.7 Å². The molecule has 3 atom stereocenters. The van der Waals surface area contributed by atoms with Gasteiger partial charge in [0.25, 0.3) is 5.91 Å². The molecule has 1 aliphatic rings. The Kier molecular flexibility index (Phi) is 7.66. The lowest BCUT2D eigenvalue weighted by Crippen LogP contribution is -2.54. The summed E-state index contributed by atoms with van der Waals surface area (Å²) < 4.78 is 6.75. The average molecular weight is 392 g/mol. The Balaban J connectivity index is 0.00000242. The molecule has 0 aromatic heterocycles. The predicted molar refractivity (Wildman–Crippen MR) is 94.5 cm³/mol. The highest BCUT2D eigenvalue weighted by atomic mass is 79.9. The van der Waals surface area contributed by atoms with Gasteiger partial charge in [0.2, 0.25) is 0 Å². The fraction of sp³-hybridized carbons (Fsp3) is 0.562. The molecule has 2 rings (SSSR count). The zero-order valence-electron chi connectivity index (χ0n) is 13.0. The SMILES string of the molecule is CC(Oc1ccc(Br)cc1)C(=O)N1CCCCC1C(C)N.Cl. The number of nitrogens with two attached hydrogens (primary N) is 1. The normalized spacial score (nSPS) is 20.7. The third-order valence-electron chi connectivity index (χ3n) is 3.91. The van der Waals surface area contributed by atoms with E-state index in [1.54, 1.807) is 6.92 Å². The molecule has 2 N–H and O–H groups in total. The van der Waals surface area contributed by atoms with Crippen LogP contribution in [-0.4, -0.2) is 35.5 Å². The first-order chi connectivity index (χ1) is 9.99. The van der Waals surface area contributed by atoms with Gasteiger partial charge in [0, 0.05) is 23.1 Å². The molecule has 0 spiro atoms. The van der Waals surface area contributed by atoms with Gasteiger partial charge in [-0.25, -0.2) is 0 Å². The maximum atomic E-state index is 12.6. The molecule has 4 nitrogen and oxygen atoms in total. The van der Waals surface area contributed by atoms with Crippen LogP contribution in [0.25, 0.3) is 0 Å². The Labute approximate surface area is 146 Å². The summed E-state index contributed by atoms with van der Waals surface area (Å²) in [4.78, 5) is 14.5. The van der Waals surface area contributed by atoms with Crippen LogP contribution in [-0.2, 0) is 4.79 Å². The Morgan fingerprint density at radius 2 is 1.95 bits per heavy atom. The molecular formula is C16H24BrClN2O2. The maximum absolute atomic E-state index is 12.6. The molecular weight excluding hydrogens is 368 g/mol. The fourth-order valence-electron chi connectivity index (χ4n) is 2.78. The van der Waals surface area contributed by atoms with Crippen LogP contribution in [0.3, 0.4) is 0 Å². The number of nitrogens with zero attached hydrogens (tertiary/aromatic N) is 1. The molecule has 0 radical (unpaired) electrons. The second-order valence-electron chi connectivity index (χ2n) is 5.67. The molecule has 22 heavy (non-hydrogen) atoms. The number of piperidine rings is 1. The molecule has 3 unspecified atom stereocenters. The zero-order valence-corrected chi connectivity index (χ0v) is 15.4. The van der Waals surface area contributed by atoms with Gasteiger partial charge in [-0.05, 0) is 57.4 Å². The van der Waals surface area contributed by atoms with Crippen molar-refractivity contribution in [1.29, 1.82) is 0 Å². The number of likely N-dealkylation sites (tertiary alicyclic amines) is 1. The van der Waals surface area contributed by atoms with Crippen molar-refractivity contribution in [3.63, 3.8) is 0 Å². The molecule has 1 heterocycles. The van der Waals surface area contributed by atoms with E-state index in [0.29, 0.717) is 5.75 Å². The number of benzene rings is 1. The lowest BCUT2D eigenvalue weighted by atomic mass is 9.96. The van der Waals surface area contributed by atoms with E-state index in [9.17, 15) is 4.79 Å². The fourth-order valence-corrected chi connectivity index (χ4v) is 3.04. The summed E-state index contributed by atoms with van der Waals surface area (Å²) in [5, 5.41) is 0. The summed E-state index contributed by atoms with van der Waals surface area (Å²) in [6.07, 6.45) is 2.66. The smallest absolute Gasteiger partial charge is 0.263 e. The van der Waals surface area contributed by atoms with Gasteiger partial charge in [0.1, 0.15) is 5.75 Å². The molecule has 1 aromatic carbocycles. The van der Waals surface area contributed by atoms with Gasteiger partial charge < -0.3 is 15.4 Å². The van der Waals surface area contributed by atoms with Crippen LogP contribution in [0.5, 0.6) is 5.75 Å². The molecule has 1 amide bonds. The zero-order chi connectivity index (χ0) is 15.4. The van der Waals surface area contributed by atoms with E-state index in [1.807, 2.05) is 36.1 Å². The topological polar surface area (TPSA) is 55.6 Å². The van der Waals surface area contributed by atoms with Crippen molar-refractivity contribution >= 4 is 34.2 Å². The summed E-state index contributed by atoms with van der Waals surface area (Å²) in [5.41, 5.74) is 6.02. The van der Waals surface area contributed by atoms with E-state index in [0.717, 1.165) is 30.3 Å². The van der Waals surface area contributed by atoms with Crippen molar-refractivity contribution in [3.05, 3.63) is 28.7 Å². The summed E-state index contributed by atoms with van der Waals surface area (Å²) >= 11 is 3.38. The van der Waals surface area contributed by atoms with Gasteiger partial charge in [-0.2, -0.15) is 0 Å². The summed E-state index contributed by atoms with van der Waals surface area (Å²) in [6, 6.07) is 7.63. The molecule has 0 saturated carbocycles. The maximum Gasteiger partial charge on any atom is 0.263 e. The van der Waals surface area contributed by atoms with Crippen LogP contribution < -0.4 is 10.5 Å². The molecule has 1 saturated heterocycles. The molecule has 1 aromatic rings. The summed E-state index contributed by atoms with van der Waals surface area (Å²) in [6.45, 7) is 4.55. The second kappa shape index (κ2) is 8.75. The number of carbonyl (C=O) groups is 1. The number of amides is 1. The lowest BCUT2D eigenvalue weighted by molar-refractivity contribution is -0.142. The Morgan fingerprint density at radius 1 is 1.32 bits per heavy atom. The van der Waals surface area contributed by atoms with Crippen molar-refractivity contribution in [3.8, 4) is 5.75 Å². The van der Waals surface area contributed by atoms with Crippen LogP contribution in [0.2, 0.25) is 0 Å². The van der Waals surface area contributed by atoms with Crippen LogP contribution in [0.4, 0.5) is 0 Å². The monoisotopic (exact) mass is 390 g/mol. The number of ether oxygens (including phenoxy) is 1. The number of carbonyl (C=O) groups excluding carboxylic acids is 1. The minimum atomic E-state index is -0.495. The largest absolute Gasteiger partial charge is 0.481 e. The molecule has 0 bridgehead atoms.